The Morgan fingerprint density at radius 2 is 1.73 bits per heavy atom. The van der Waals surface area contributed by atoms with Gasteiger partial charge in [0.05, 0.1) is 0 Å². The summed E-state index contributed by atoms with van der Waals surface area (Å²) in [5, 5.41) is 7.89. The van der Waals surface area contributed by atoms with Crippen LogP contribution in [0.15, 0.2) is 49.1 Å². The van der Waals surface area contributed by atoms with Crippen molar-refractivity contribution < 1.29 is 9.90 Å². The maximum Gasteiger partial charge on any atom is 0.330 e. The molecule has 0 aliphatic heterocycles. The molecule has 15 heavy (non-hydrogen) atoms. The minimum absolute atomic E-state index is 0. The molecule has 1 rings (SSSR count). The van der Waals surface area contributed by atoms with Gasteiger partial charge in [0.2, 0.25) is 0 Å². The summed E-state index contributed by atoms with van der Waals surface area (Å²) in [6.07, 6.45) is 1.83. The molecule has 0 saturated heterocycles. The van der Waals surface area contributed by atoms with Crippen LogP contribution in [-0.2, 0) is 4.79 Å². The number of carbonyl (C=O) groups is 1. The van der Waals surface area contributed by atoms with Gasteiger partial charge in [-0.15, -0.1) is 0 Å². The fourth-order valence-electron chi connectivity index (χ4n) is 0.589. The van der Waals surface area contributed by atoms with Crippen molar-refractivity contribution >= 4 is 41.6 Å². The average molecular weight is 213 g/mol. The van der Waals surface area contributed by atoms with Gasteiger partial charge in [-0.2, -0.15) is 0 Å². The molecule has 0 bridgehead atoms. The fraction of sp³-hybridized carbons (Fsp3) is 0.0833. The van der Waals surface area contributed by atoms with E-state index >= 15 is 0 Å². The van der Waals surface area contributed by atoms with Crippen molar-refractivity contribution in [1.29, 1.82) is 0 Å². The summed E-state index contributed by atoms with van der Waals surface area (Å²) >= 11 is 0. The van der Waals surface area contributed by atoms with E-state index in [0.717, 1.165) is 0 Å². The summed E-state index contributed by atoms with van der Waals surface area (Å²) in [4.78, 5) is 9.60. The Balaban J connectivity index is 0. The molecule has 0 aliphatic rings. The first-order valence-electron chi connectivity index (χ1n) is 4.14. The minimum atomic E-state index is -0.935. The molecule has 3 heteroatoms. The van der Waals surface area contributed by atoms with E-state index in [2.05, 4.69) is 13.2 Å². The third-order valence-corrected chi connectivity index (χ3v) is 1.40. The maximum atomic E-state index is 9.60. The molecule has 75 valence electrons. The zero-order valence-corrected chi connectivity index (χ0v) is 11.2. The molecule has 0 amide bonds. The minimum Gasteiger partial charge on any atom is -0.478 e. The molecule has 0 heterocycles. The van der Waals surface area contributed by atoms with Gasteiger partial charge < -0.3 is 5.11 Å². The number of hydrogen-bond acceptors (Lipinski definition) is 1. The molecule has 0 unspecified atom stereocenters. The fourth-order valence-corrected chi connectivity index (χ4v) is 0.589. The first-order valence-corrected chi connectivity index (χ1v) is 4.14. The van der Waals surface area contributed by atoms with Gasteiger partial charge in [0.1, 0.15) is 0 Å². The molecular formula is C12H14NaO2. The Kier molecular flexibility index (Phi) is 10.7. The Hall–Kier alpha value is -0.830. The van der Waals surface area contributed by atoms with Crippen LogP contribution in [0.25, 0.3) is 6.08 Å². The van der Waals surface area contributed by atoms with Gasteiger partial charge >= 0.3 is 5.97 Å². The molecule has 0 spiro atoms. The van der Waals surface area contributed by atoms with E-state index in [4.69, 9.17) is 5.11 Å². The maximum absolute atomic E-state index is 9.60. The number of carboxylic acids is 1. The second-order valence-corrected chi connectivity index (χ2v) is 2.70. The van der Waals surface area contributed by atoms with Crippen molar-refractivity contribution in [2.75, 3.05) is 0 Å². The first kappa shape index (κ1) is 16.6. The molecule has 1 aromatic rings. The van der Waals surface area contributed by atoms with Crippen LogP contribution in [0.1, 0.15) is 12.5 Å². The third kappa shape index (κ3) is 9.47. The molecule has 0 aromatic heterocycles. The van der Waals surface area contributed by atoms with Crippen LogP contribution >= 0.6 is 0 Å². The topological polar surface area (TPSA) is 37.3 Å². The van der Waals surface area contributed by atoms with Crippen molar-refractivity contribution in [3.05, 3.63) is 54.6 Å². The molecule has 1 N–H and O–H groups in total. The van der Waals surface area contributed by atoms with Crippen molar-refractivity contribution in [3.8, 4) is 0 Å². The van der Waals surface area contributed by atoms with E-state index in [1.54, 1.807) is 0 Å². The van der Waals surface area contributed by atoms with Crippen molar-refractivity contribution in [1.82, 2.24) is 0 Å². The zero-order chi connectivity index (χ0) is 11.0. The van der Waals surface area contributed by atoms with Gasteiger partial charge in [-0.25, -0.2) is 4.79 Å². The van der Waals surface area contributed by atoms with Crippen LogP contribution in [0.4, 0.5) is 0 Å². The molecule has 2 nitrogen and oxygen atoms in total. The van der Waals surface area contributed by atoms with E-state index in [0.29, 0.717) is 0 Å². The number of rotatable bonds is 2. The Labute approximate surface area is 113 Å². The Morgan fingerprint density at radius 1 is 1.33 bits per heavy atom. The molecule has 0 atom stereocenters. The predicted octanol–water partition coefficient (Wildman–Crippen LogP) is 2.60. The summed E-state index contributed by atoms with van der Waals surface area (Å²) in [6, 6.07) is 10.0. The molecule has 0 fully saturated rings. The summed E-state index contributed by atoms with van der Waals surface area (Å²) < 4.78 is 0. The van der Waals surface area contributed by atoms with Crippen LogP contribution in [-0.4, -0.2) is 40.6 Å². The summed E-state index contributed by atoms with van der Waals surface area (Å²) in [5.41, 5.74) is 1.35. The van der Waals surface area contributed by atoms with Gasteiger partial charge in [-0.1, -0.05) is 49.6 Å². The van der Waals surface area contributed by atoms with E-state index in [-0.39, 0.29) is 35.1 Å². The second-order valence-electron chi connectivity index (χ2n) is 2.70. The monoisotopic (exact) mass is 213 g/mol. The standard InChI is InChI=1S/C8H8.C4H6O2.Na/c1-2-8-6-4-3-5-7-8;1-3(2)4(5)6;/h2-7H,1H2;1H2,2H3,(H,5,6);. The molecule has 1 radical (unpaired) electrons. The smallest absolute Gasteiger partial charge is 0.330 e. The van der Waals surface area contributed by atoms with Crippen molar-refractivity contribution in [3.63, 3.8) is 0 Å². The van der Waals surface area contributed by atoms with Gasteiger partial charge in [0.25, 0.3) is 0 Å². The van der Waals surface area contributed by atoms with Crippen LogP contribution in [0.3, 0.4) is 0 Å². The van der Waals surface area contributed by atoms with Crippen molar-refractivity contribution in [2.24, 2.45) is 0 Å². The van der Waals surface area contributed by atoms with Gasteiger partial charge in [-0.3, -0.25) is 0 Å². The Bertz CT molecular complexity index is 306. The average Bonchev–Trinajstić information content (AvgIpc) is 2.20. The van der Waals surface area contributed by atoms with E-state index < -0.39 is 5.97 Å². The van der Waals surface area contributed by atoms with E-state index in [9.17, 15) is 4.79 Å². The van der Waals surface area contributed by atoms with Crippen LogP contribution in [0.5, 0.6) is 0 Å². The molecule has 1 aromatic carbocycles. The van der Waals surface area contributed by atoms with E-state index in [1.807, 2.05) is 36.4 Å². The van der Waals surface area contributed by atoms with Crippen LogP contribution in [0.2, 0.25) is 0 Å². The number of hydrogen-bond donors (Lipinski definition) is 1. The number of carboxylic acid groups (broad SMARTS) is 1. The van der Waals surface area contributed by atoms with Crippen LogP contribution in [0, 0.1) is 0 Å². The predicted molar refractivity (Wildman–Crippen MR) is 64.7 cm³/mol. The van der Waals surface area contributed by atoms with Gasteiger partial charge in [0, 0.05) is 35.1 Å². The number of aliphatic carboxylic acids is 1. The zero-order valence-electron chi connectivity index (χ0n) is 9.23. The van der Waals surface area contributed by atoms with Crippen LogP contribution < -0.4 is 0 Å². The summed E-state index contributed by atoms with van der Waals surface area (Å²) in [7, 11) is 0. The van der Waals surface area contributed by atoms with Crippen molar-refractivity contribution in [2.45, 2.75) is 6.92 Å². The number of benzene rings is 1. The summed E-state index contributed by atoms with van der Waals surface area (Å²) in [6.45, 7) is 8.23. The first-order chi connectivity index (χ1) is 6.57. The molecule has 0 aliphatic carbocycles. The SMILES string of the molecule is C=C(C)C(=O)O.C=Cc1ccccc1.[Na]. The molecule has 0 saturated carbocycles. The van der Waals surface area contributed by atoms with Gasteiger partial charge in [-0.05, 0) is 12.5 Å². The third-order valence-electron chi connectivity index (χ3n) is 1.40. The summed E-state index contributed by atoms with van der Waals surface area (Å²) in [5.74, 6) is -0.935. The largest absolute Gasteiger partial charge is 0.478 e. The second kappa shape index (κ2) is 9.71. The quantitative estimate of drug-likeness (QED) is 0.605. The van der Waals surface area contributed by atoms with Gasteiger partial charge in [0.15, 0.2) is 0 Å². The molecular weight excluding hydrogens is 199 g/mol. The normalized spacial score (nSPS) is 7.53. The van der Waals surface area contributed by atoms with E-state index in [1.165, 1.54) is 12.5 Å². The Morgan fingerprint density at radius 3 is 1.93 bits per heavy atom.